The van der Waals surface area contributed by atoms with E-state index in [1.54, 1.807) is 12.4 Å². The molecule has 8 heteroatoms. The molecule has 0 radical (unpaired) electrons. The summed E-state index contributed by atoms with van der Waals surface area (Å²) in [5, 5.41) is 3.01. The standard InChI is InChI=1S/C20H25N7O/c21-19(26-9-11-27(12-10-26)20-22-7-2-8-23-20)24-14-15-3-1-4-16(13-15)18(28)25-17-5-6-17/h1-4,7-8,13,17H,5-6,9-12,14H2,(H2,21,24)(H,25,28). The second-order valence-corrected chi connectivity index (χ2v) is 7.15. The van der Waals surface area contributed by atoms with Crippen molar-refractivity contribution in [3.05, 3.63) is 53.9 Å². The van der Waals surface area contributed by atoms with Crippen LogP contribution in [0.1, 0.15) is 28.8 Å². The number of hydrogen-bond donors (Lipinski definition) is 2. The zero-order valence-corrected chi connectivity index (χ0v) is 15.8. The second kappa shape index (κ2) is 8.24. The van der Waals surface area contributed by atoms with Gasteiger partial charge in [-0.2, -0.15) is 0 Å². The van der Waals surface area contributed by atoms with E-state index in [9.17, 15) is 4.79 Å². The SMILES string of the molecule is NC(=NCc1cccc(C(=O)NC2CC2)c1)N1CCN(c2ncccn2)CC1. The van der Waals surface area contributed by atoms with Crippen LogP contribution in [0.4, 0.5) is 5.95 Å². The van der Waals surface area contributed by atoms with Crippen molar-refractivity contribution < 1.29 is 4.79 Å². The number of aromatic nitrogens is 2. The third-order valence-corrected chi connectivity index (χ3v) is 4.96. The minimum atomic E-state index is -0.0134. The van der Waals surface area contributed by atoms with Gasteiger partial charge in [-0.05, 0) is 36.6 Å². The van der Waals surface area contributed by atoms with E-state index in [0.29, 0.717) is 24.1 Å². The molecule has 2 aromatic rings. The highest BCUT2D eigenvalue weighted by Gasteiger charge is 2.24. The highest BCUT2D eigenvalue weighted by atomic mass is 16.1. The lowest BCUT2D eigenvalue weighted by Crippen LogP contribution is -2.51. The molecular weight excluding hydrogens is 354 g/mol. The monoisotopic (exact) mass is 379 g/mol. The van der Waals surface area contributed by atoms with Crippen LogP contribution in [0.2, 0.25) is 0 Å². The highest BCUT2D eigenvalue weighted by molar-refractivity contribution is 5.94. The molecular formula is C20H25N7O. The molecule has 2 fully saturated rings. The van der Waals surface area contributed by atoms with E-state index in [4.69, 9.17) is 5.73 Å². The van der Waals surface area contributed by atoms with E-state index in [1.807, 2.05) is 30.3 Å². The Labute approximate surface area is 164 Å². The Kier molecular flexibility index (Phi) is 5.36. The van der Waals surface area contributed by atoms with E-state index in [1.165, 1.54) is 0 Å². The molecule has 1 aromatic heterocycles. The Balaban J connectivity index is 1.32. The number of guanidine groups is 1. The predicted octanol–water partition coefficient (Wildman–Crippen LogP) is 1.01. The van der Waals surface area contributed by atoms with Gasteiger partial charge in [0.1, 0.15) is 0 Å². The van der Waals surface area contributed by atoms with Crippen molar-refractivity contribution in [1.82, 2.24) is 20.2 Å². The molecule has 0 unspecified atom stereocenters. The van der Waals surface area contributed by atoms with E-state index in [-0.39, 0.29) is 5.91 Å². The molecule has 0 spiro atoms. The summed E-state index contributed by atoms with van der Waals surface area (Å²) in [6, 6.07) is 9.74. The smallest absolute Gasteiger partial charge is 0.251 e. The molecule has 1 aromatic carbocycles. The molecule has 2 aliphatic rings. The van der Waals surface area contributed by atoms with Crippen LogP contribution in [0.3, 0.4) is 0 Å². The maximum Gasteiger partial charge on any atom is 0.251 e. The van der Waals surface area contributed by atoms with Crippen LogP contribution in [0.5, 0.6) is 0 Å². The molecule has 8 nitrogen and oxygen atoms in total. The van der Waals surface area contributed by atoms with E-state index in [2.05, 4.69) is 30.1 Å². The lowest BCUT2D eigenvalue weighted by Gasteiger charge is -2.35. The average molecular weight is 379 g/mol. The van der Waals surface area contributed by atoms with Crippen molar-refractivity contribution in [3.63, 3.8) is 0 Å². The maximum absolute atomic E-state index is 12.2. The van der Waals surface area contributed by atoms with Crippen LogP contribution in [0.25, 0.3) is 0 Å². The third kappa shape index (κ3) is 4.57. The molecule has 0 bridgehead atoms. The van der Waals surface area contributed by atoms with Gasteiger partial charge in [0.2, 0.25) is 5.95 Å². The average Bonchev–Trinajstić information content (AvgIpc) is 3.57. The van der Waals surface area contributed by atoms with Gasteiger partial charge in [-0.25, -0.2) is 15.0 Å². The van der Waals surface area contributed by atoms with E-state index < -0.39 is 0 Å². The van der Waals surface area contributed by atoms with Crippen molar-refractivity contribution >= 4 is 17.8 Å². The van der Waals surface area contributed by atoms with Crippen molar-refractivity contribution in [1.29, 1.82) is 0 Å². The summed E-state index contributed by atoms with van der Waals surface area (Å²) in [6.07, 6.45) is 5.67. The number of carbonyl (C=O) groups excluding carboxylic acids is 1. The van der Waals surface area contributed by atoms with Gasteiger partial charge in [0.05, 0.1) is 6.54 Å². The topological polar surface area (TPSA) is 99.7 Å². The number of nitrogens with zero attached hydrogens (tertiary/aromatic N) is 5. The molecule has 2 heterocycles. The normalized spacial score (nSPS) is 17.5. The molecule has 1 amide bonds. The van der Waals surface area contributed by atoms with Gasteiger partial charge in [-0.15, -0.1) is 0 Å². The number of anilines is 1. The summed E-state index contributed by atoms with van der Waals surface area (Å²) in [4.78, 5) is 29.5. The van der Waals surface area contributed by atoms with Crippen LogP contribution in [-0.2, 0) is 6.54 Å². The van der Waals surface area contributed by atoms with Crippen molar-refractivity contribution in [2.45, 2.75) is 25.4 Å². The van der Waals surface area contributed by atoms with E-state index >= 15 is 0 Å². The number of hydrogen-bond acceptors (Lipinski definition) is 5. The van der Waals surface area contributed by atoms with Crippen molar-refractivity contribution in [3.8, 4) is 0 Å². The summed E-state index contributed by atoms with van der Waals surface area (Å²) in [7, 11) is 0. The van der Waals surface area contributed by atoms with Gasteiger partial charge >= 0.3 is 0 Å². The van der Waals surface area contributed by atoms with Gasteiger partial charge in [-0.1, -0.05) is 12.1 Å². The quantitative estimate of drug-likeness (QED) is 0.594. The second-order valence-electron chi connectivity index (χ2n) is 7.15. The van der Waals surface area contributed by atoms with Crippen LogP contribution >= 0.6 is 0 Å². The van der Waals surface area contributed by atoms with Crippen molar-refractivity contribution in [2.75, 3.05) is 31.1 Å². The summed E-state index contributed by atoms with van der Waals surface area (Å²) < 4.78 is 0. The van der Waals surface area contributed by atoms with Gasteiger partial charge in [0.15, 0.2) is 5.96 Å². The Bertz CT molecular complexity index is 843. The van der Waals surface area contributed by atoms with Gasteiger partial charge in [0, 0.05) is 50.2 Å². The number of rotatable bonds is 5. The first-order chi connectivity index (χ1) is 13.7. The van der Waals surface area contributed by atoms with Crippen LogP contribution in [0.15, 0.2) is 47.7 Å². The van der Waals surface area contributed by atoms with Gasteiger partial charge < -0.3 is 20.9 Å². The molecule has 1 aliphatic carbocycles. The molecule has 0 atom stereocenters. The number of aliphatic imine (C=N–C) groups is 1. The minimum Gasteiger partial charge on any atom is -0.370 e. The molecule has 1 saturated carbocycles. The predicted molar refractivity (Wildman–Crippen MR) is 108 cm³/mol. The minimum absolute atomic E-state index is 0.0134. The summed E-state index contributed by atoms with van der Waals surface area (Å²) >= 11 is 0. The van der Waals surface area contributed by atoms with Crippen LogP contribution in [0, 0.1) is 0 Å². The fraction of sp³-hybridized carbons (Fsp3) is 0.400. The van der Waals surface area contributed by atoms with Gasteiger partial charge in [0.25, 0.3) is 5.91 Å². The summed E-state index contributed by atoms with van der Waals surface area (Å²) in [5.41, 5.74) is 7.85. The fourth-order valence-corrected chi connectivity index (χ4v) is 3.17. The maximum atomic E-state index is 12.2. The number of benzene rings is 1. The zero-order chi connectivity index (χ0) is 19.3. The Hall–Kier alpha value is -3.16. The lowest BCUT2D eigenvalue weighted by molar-refractivity contribution is 0.0951. The lowest BCUT2D eigenvalue weighted by atomic mass is 10.1. The summed E-state index contributed by atoms with van der Waals surface area (Å²) in [6.45, 7) is 3.61. The van der Waals surface area contributed by atoms with E-state index in [0.717, 1.165) is 50.5 Å². The number of amides is 1. The number of nitrogens with two attached hydrogens (primary N) is 1. The molecule has 146 valence electrons. The largest absolute Gasteiger partial charge is 0.370 e. The first-order valence-electron chi connectivity index (χ1n) is 9.66. The molecule has 28 heavy (non-hydrogen) atoms. The number of carbonyl (C=O) groups is 1. The highest BCUT2D eigenvalue weighted by Crippen LogP contribution is 2.19. The first kappa shape index (κ1) is 18.2. The van der Waals surface area contributed by atoms with Gasteiger partial charge in [-0.3, -0.25) is 4.79 Å². The third-order valence-electron chi connectivity index (χ3n) is 4.96. The zero-order valence-electron chi connectivity index (χ0n) is 15.8. The molecule has 3 N–H and O–H groups in total. The number of piperazine rings is 1. The van der Waals surface area contributed by atoms with Crippen LogP contribution in [-0.4, -0.2) is 59.0 Å². The fourth-order valence-electron chi connectivity index (χ4n) is 3.17. The van der Waals surface area contributed by atoms with Crippen molar-refractivity contribution in [2.24, 2.45) is 10.7 Å². The Morgan fingerprint density at radius 2 is 1.89 bits per heavy atom. The first-order valence-corrected chi connectivity index (χ1v) is 9.66. The van der Waals surface area contributed by atoms with Crippen LogP contribution < -0.4 is 16.0 Å². The Morgan fingerprint density at radius 3 is 2.61 bits per heavy atom. The Morgan fingerprint density at radius 1 is 1.14 bits per heavy atom. The molecule has 1 aliphatic heterocycles. The number of nitrogens with one attached hydrogen (secondary N) is 1. The summed E-state index contributed by atoms with van der Waals surface area (Å²) in [5.74, 6) is 1.26. The molecule has 1 saturated heterocycles. The molecule has 4 rings (SSSR count).